The van der Waals surface area contributed by atoms with Gasteiger partial charge in [-0.2, -0.15) is 0 Å². The van der Waals surface area contributed by atoms with Gasteiger partial charge in [-0.3, -0.25) is 9.69 Å². The number of carbonyl (C=O) groups excluding carboxylic acids is 1. The van der Waals surface area contributed by atoms with Gasteiger partial charge in [0.2, 0.25) is 5.91 Å². The Hall–Kier alpha value is -1.65. The highest BCUT2D eigenvalue weighted by Crippen LogP contribution is 2.48. The molecule has 4 rings (SSSR count). The number of hydrogen-bond acceptors (Lipinski definition) is 3. The van der Waals surface area contributed by atoms with E-state index in [9.17, 15) is 4.79 Å². The van der Waals surface area contributed by atoms with Crippen molar-refractivity contribution in [1.29, 1.82) is 0 Å². The maximum atomic E-state index is 12.5. The number of hydrogen-bond donors (Lipinski definition) is 1. The summed E-state index contributed by atoms with van der Waals surface area (Å²) in [6.07, 6.45) is 3.70. The van der Waals surface area contributed by atoms with E-state index in [-0.39, 0.29) is 5.91 Å². The Morgan fingerprint density at radius 2 is 2.12 bits per heavy atom. The molecule has 24 heavy (non-hydrogen) atoms. The molecular formula is C20H24N2OS. The highest BCUT2D eigenvalue weighted by Gasteiger charge is 2.40. The van der Waals surface area contributed by atoms with E-state index in [1.807, 2.05) is 23.5 Å². The molecule has 2 aromatic rings. The lowest BCUT2D eigenvalue weighted by Crippen LogP contribution is -2.42. The largest absolute Gasteiger partial charge is 0.351 e. The molecule has 0 saturated heterocycles. The van der Waals surface area contributed by atoms with Crippen LogP contribution in [0.5, 0.6) is 0 Å². The molecule has 1 aliphatic carbocycles. The minimum atomic E-state index is 0.141. The quantitative estimate of drug-likeness (QED) is 0.900. The number of amides is 1. The lowest BCUT2D eigenvalue weighted by atomic mass is 9.96. The van der Waals surface area contributed by atoms with Gasteiger partial charge in [0.25, 0.3) is 0 Å². The minimum absolute atomic E-state index is 0.141. The van der Waals surface area contributed by atoms with Crippen molar-refractivity contribution >= 4 is 17.2 Å². The summed E-state index contributed by atoms with van der Waals surface area (Å²) in [5, 5.41) is 5.32. The summed E-state index contributed by atoms with van der Waals surface area (Å²) in [4.78, 5) is 16.4. The fraction of sp³-hybridized carbons (Fsp3) is 0.450. The maximum Gasteiger partial charge on any atom is 0.234 e. The fourth-order valence-electron chi connectivity index (χ4n) is 3.78. The van der Waals surface area contributed by atoms with Crippen LogP contribution in [0.3, 0.4) is 0 Å². The molecule has 1 aliphatic heterocycles. The van der Waals surface area contributed by atoms with Gasteiger partial charge in [-0.15, -0.1) is 11.3 Å². The van der Waals surface area contributed by atoms with Crippen LogP contribution in [0.4, 0.5) is 0 Å². The summed E-state index contributed by atoms with van der Waals surface area (Å²) in [6.45, 7) is 4.24. The third-order valence-corrected chi connectivity index (χ3v) is 6.27. The van der Waals surface area contributed by atoms with Crippen molar-refractivity contribution in [3.05, 3.63) is 57.3 Å². The number of nitrogens with one attached hydrogen (secondary N) is 1. The topological polar surface area (TPSA) is 32.3 Å². The summed E-state index contributed by atoms with van der Waals surface area (Å²) in [5.74, 6) is 0.894. The van der Waals surface area contributed by atoms with Crippen molar-refractivity contribution in [3.63, 3.8) is 0 Å². The highest BCUT2D eigenvalue weighted by atomic mass is 32.1. The lowest BCUT2D eigenvalue weighted by Gasteiger charge is -2.35. The van der Waals surface area contributed by atoms with Crippen LogP contribution < -0.4 is 5.32 Å². The molecule has 1 atom stereocenters. The molecule has 0 unspecified atom stereocenters. The number of fused-ring (bicyclic) bond motifs is 1. The molecule has 126 valence electrons. The molecule has 1 amide bonds. The number of nitrogens with zero attached hydrogens (tertiary/aromatic N) is 1. The molecule has 3 nitrogen and oxygen atoms in total. The van der Waals surface area contributed by atoms with E-state index in [0.29, 0.717) is 19.1 Å². The van der Waals surface area contributed by atoms with Crippen LogP contribution in [0.2, 0.25) is 0 Å². The zero-order valence-electron chi connectivity index (χ0n) is 14.1. The van der Waals surface area contributed by atoms with Gasteiger partial charge in [0.15, 0.2) is 0 Å². The molecular weight excluding hydrogens is 316 g/mol. The molecule has 2 aliphatic rings. The highest BCUT2D eigenvalue weighted by molar-refractivity contribution is 7.10. The first-order valence-electron chi connectivity index (χ1n) is 8.84. The van der Waals surface area contributed by atoms with Crippen LogP contribution >= 0.6 is 11.3 Å². The SMILES string of the molecule is Cc1ccccc1CNC(=O)CN1CCc2sccc2[C@@H]1C1CC1. The molecule has 1 N–H and O–H groups in total. The van der Waals surface area contributed by atoms with Gasteiger partial charge in [0, 0.05) is 24.0 Å². The first-order valence-corrected chi connectivity index (χ1v) is 9.72. The van der Waals surface area contributed by atoms with E-state index >= 15 is 0 Å². The van der Waals surface area contributed by atoms with Crippen molar-refractivity contribution in [1.82, 2.24) is 10.2 Å². The Labute approximate surface area is 147 Å². The third kappa shape index (κ3) is 3.26. The maximum absolute atomic E-state index is 12.5. The van der Waals surface area contributed by atoms with Crippen LogP contribution in [0, 0.1) is 12.8 Å². The molecule has 0 bridgehead atoms. The first-order chi connectivity index (χ1) is 11.7. The van der Waals surface area contributed by atoms with Gasteiger partial charge in [0.05, 0.1) is 6.54 Å². The summed E-state index contributed by atoms with van der Waals surface area (Å²) < 4.78 is 0. The molecule has 0 radical (unpaired) electrons. The summed E-state index contributed by atoms with van der Waals surface area (Å²) in [5.41, 5.74) is 3.92. The van der Waals surface area contributed by atoms with Gasteiger partial charge in [-0.25, -0.2) is 0 Å². The second-order valence-corrected chi connectivity index (χ2v) is 8.01. The average molecular weight is 340 g/mol. The van der Waals surface area contributed by atoms with Gasteiger partial charge < -0.3 is 5.32 Å². The van der Waals surface area contributed by atoms with Crippen LogP contribution in [0.15, 0.2) is 35.7 Å². The van der Waals surface area contributed by atoms with E-state index in [0.717, 1.165) is 18.9 Å². The summed E-state index contributed by atoms with van der Waals surface area (Å²) in [7, 11) is 0. The molecule has 1 aromatic heterocycles. The second kappa shape index (κ2) is 6.69. The Morgan fingerprint density at radius 3 is 2.92 bits per heavy atom. The van der Waals surface area contributed by atoms with Gasteiger partial charge in [-0.05, 0) is 60.2 Å². The van der Waals surface area contributed by atoms with Crippen molar-refractivity contribution in [2.45, 2.75) is 38.8 Å². The Morgan fingerprint density at radius 1 is 1.29 bits per heavy atom. The van der Waals surface area contributed by atoms with E-state index in [4.69, 9.17) is 0 Å². The molecule has 4 heteroatoms. The molecule has 1 aromatic carbocycles. The van der Waals surface area contributed by atoms with E-state index in [2.05, 4.69) is 40.7 Å². The molecule has 1 fully saturated rings. The van der Waals surface area contributed by atoms with Crippen LogP contribution in [-0.2, 0) is 17.8 Å². The van der Waals surface area contributed by atoms with Crippen LogP contribution in [0.1, 0.15) is 40.5 Å². The summed E-state index contributed by atoms with van der Waals surface area (Å²) in [6, 6.07) is 11.0. The number of rotatable bonds is 5. The van der Waals surface area contributed by atoms with Gasteiger partial charge in [0.1, 0.15) is 0 Å². The predicted octanol–water partition coefficient (Wildman–Crippen LogP) is 3.68. The number of thiophene rings is 1. The van der Waals surface area contributed by atoms with E-state index in [1.54, 1.807) is 0 Å². The lowest BCUT2D eigenvalue weighted by molar-refractivity contribution is -0.123. The first kappa shape index (κ1) is 15.9. The summed E-state index contributed by atoms with van der Waals surface area (Å²) >= 11 is 1.88. The zero-order chi connectivity index (χ0) is 16.5. The Balaban J connectivity index is 1.39. The average Bonchev–Trinajstić information content (AvgIpc) is 3.30. The van der Waals surface area contributed by atoms with Crippen molar-refractivity contribution in [2.75, 3.05) is 13.1 Å². The predicted molar refractivity (Wildman–Crippen MR) is 98.1 cm³/mol. The van der Waals surface area contributed by atoms with Gasteiger partial charge in [-0.1, -0.05) is 24.3 Å². The Kier molecular flexibility index (Phi) is 4.42. The normalized spacial score (nSPS) is 20.6. The van der Waals surface area contributed by atoms with Crippen LogP contribution in [-0.4, -0.2) is 23.9 Å². The third-order valence-electron chi connectivity index (χ3n) is 5.27. The van der Waals surface area contributed by atoms with Crippen molar-refractivity contribution in [3.8, 4) is 0 Å². The standard InChI is InChI=1S/C20H24N2OS/c1-14-4-2-3-5-16(14)12-21-19(23)13-22-10-8-18-17(9-11-24-18)20(22)15-6-7-15/h2-5,9,11,15,20H,6-8,10,12-13H2,1H3,(H,21,23)/t20-/m0/s1. The number of aryl methyl sites for hydroxylation is 1. The molecule has 0 spiro atoms. The van der Waals surface area contributed by atoms with Crippen LogP contribution in [0.25, 0.3) is 0 Å². The zero-order valence-corrected chi connectivity index (χ0v) is 14.9. The Bertz CT molecular complexity index is 735. The second-order valence-electron chi connectivity index (χ2n) is 7.01. The fourth-order valence-corrected chi connectivity index (χ4v) is 4.70. The van der Waals surface area contributed by atoms with Crippen molar-refractivity contribution in [2.24, 2.45) is 5.92 Å². The molecule has 1 saturated carbocycles. The minimum Gasteiger partial charge on any atom is -0.351 e. The molecule has 2 heterocycles. The van der Waals surface area contributed by atoms with Crippen molar-refractivity contribution < 1.29 is 4.79 Å². The number of carbonyl (C=O) groups is 1. The smallest absolute Gasteiger partial charge is 0.234 e. The van der Waals surface area contributed by atoms with E-state index in [1.165, 1.54) is 34.4 Å². The number of benzene rings is 1. The monoisotopic (exact) mass is 340 g/mol. The van der Waals surface area contributed by atoms with E-state index < -0.39 is 0 Å². The van der Waals surface area contributed by atoms with Gasteiger partial charge >= 0.3 is 0 Å².